The fraction of sp³-hybridized carbons (Fsp3) is 0.667. The molecular weight excluding hydrogens is 266 g/mol. The first kappa shape index (κ1) is 15.7. The van der Waals surface area contributed by atoms with Gasteiger partial charge >= 0.3 is 0 Å². The third-order valence-corrected chi connectivity index (χ3v) is 3.55. The van der Waals surface area contributed by atoms with Gasteiger partial charge in [0.2, 0.25) is 11.9 Å². The van der Waals surface area contributed by atoms with Crippen molar-refractivity contribution in [3.63, 3.8) is 0 Å². The molecule has 0 spiro atoms. The predicted molar refractivity (Wildman–Crippen MR) is 83.0 cm³/mol. The predicted octanol–water partition coefficient (Wildman–Crippen LogP) is 0.937. The Balaban J connectivity index is 1.99. The number of hydrogen-bond donors (Lipinski definition) is 2. The number of nitrogens with one attached hydrogen (secondary N) is 2. The summed E-state index contributed by atoms with van der Waals surface area (Å²) < 4.78 is 0. The topological polar surface area (TPSA) is 70.2 Å². The van der Waals surface area contributed by atoms with Crippen molar-refractivity contribution < 1.29 is 4.79 Å². The maximum atomic E-state index is 11.9. The summed E-state index contributed by atoms with van der Waals surface area (Å²) in [6, 6.07) is -0.163. The van der Waals surface area contributed by atoms with E-state index in [4.69, 9.17) is 0 Å². The molecule has 0 radical (unpaired) electrons. The van der Waals surface area contributed by atoms with Crippen LogP contribution in [0.25, 0.3) is 0 Å². The number of carbonyl (C=O) groups is 1. The second-order valence-electron chi connectivity index (χ2n) is 5.82. The fourth-order valence-electron chi connectivity index (χ4n) is 2.45. The minimum atomic E-state index is -0.163. The van der Waals surface area contributed by atoms with E-state index in [1.807, 2.05) is 24.2 Å². The zero-order valence-electron chi connectivity index (χ0n) is 13.1. The number of rotatable bonds is 6. The lowest BCUT2D eigenvalue weighted by Gasteiger charge is -2.34. The van der Waals surface area contributed by atoms with Gasteiger partial charge in [0.15, 0.2) is 0 Å². The quantitative estimate of drug-likeness (QED) is 0.816. The first-order valence-electron chi connectivity index (χ1n) is 7.67. The van der Waals surface area contributed by atoms with Crippen molar-refractivity contribution >= 4 is 11.9 Å². The monoisotopic (exact) mass is 291 g/mol. The number of amides is 1. The van der Waals surface area contributed by atoms with Gasteiger partial charge in [0.25, 0.3) is 0 Å². The van der Waals surface area contributed by atoms with Crippen LogP contribution in [-0.4, -0.2) is 41.6 Å². The molecule has 1 aliphatic heterocycles. The minimum absolute atomic E-state index is 0.0648. The molecule has 6 heteroatoms. The Kier molecular flexibility index (Phi) is 5.50. The van der Waals surface area contributed by atoms with Crippen molar-refractivity contribution in [2.75, 3.05) is 24.5 Å². The highest BCUT2D eigenvalue weighted by Crippen LogP contribution is 2.15. The van der Waals surface area contributed by atoms with Gasteiger partial charge in [0.1, 0.15) is 6.04 Å². The molecule has 0 aliphatic carbocycles. The molecule has 1 aromatic rings. The summed E-state index contributed by atoms with van der Waals surface area (Å²) in [6.45, 7) is 9.53. The lowest BCUT2D eigenvalue weighted by molar-refractivity contribution is -0.123. The van der Waals surface area contributed by atoms with Crippen LogP contribution in [0.2, 0.25) is 0 Å². The van der Waals surface area contributed by atoms with Crippen molar-refractivity contribution in [1.29, 1.82) is 0 Å². The third kappa shape index (κ3) is 4.14. The van der Waals surface area contributed by atoms with E-state index in [-0.39, 0.29) is 11.9 Å². The highest BCUT2D eigenvalue weighted by atomic mass is 16.2. The Morgan fingerprint density at radius 1 is 1.43 bits per heavy atom. The third-order valence-electron chi connectivity index (χ3n) is 3.55. The van der Waals surface area contributed by atoms with E-state index in [1.54, 1.807) is 0 Å². The summed E-state index contributed by atoms with van der Waals surface area (Å²) in [5.74, 6) is 1.33. The van der Waals surface area contributed by atoms with E-state index in [1.165, 1.54) is 0 Å². The largest absolute Gasteiger partial charge is 0.353 e. The highest BCUT2D eigenvalue weighted by molar-refractivity contribution is 5.85. The molecule has 0 saturated carbocycles. The molecule has 116 valence electrons. The van der Waals surface area contributed by atoms with E-state index in [0.717, 1.165) is 31.6 Å². The smallest absolute Gasteiger partial charge is 0.242 e. The van der Waals surface area contributed by atoms with Gasteiger partial charge in [-0.05, 0) is 18.9 Å². The van der Waals surface area contributed by atoms with E-state index in [2.05, 4.69) is 34.4 Å². The molecular formula is C15H25N5O. The molecule has 0 bridgehead atoms. The SMILES string of the molecule is CCC1C(=O)NCCN1c1ncc(CNCC(C)C)cn1. The van der Waals surface area contributed by atoms with Crippen LogP contribution < -0.4 is 15.5 Å². The maximum absolute atomic E-state index is 11.9. The van der Waals surface area contributed by atoms with E-state index in [0.29, 0.717) is 18.4 Å². The van der Waals surface area contributed by atoms with Crippen LogP contribution in [0.5, 0.6) is 0 Å². The molecule has 2 N–H and O–H groups in total. The van der Waals surface area contributed by atoms with Crippen molar-refractivity contribution in [2.24, 2.45) is 5.92 Å². The normalized spacial score (nSPS) is 19.0. The van der Waals surface area contributed by atoms with E-state index < -0.39 is 0 Å². The second kappa shape index (κ2) is 7.36. The van der Waals surface area contributed by atoms with Gasteiger partial charge < -0.3 is 15.5 Å². The van der Waals surface area contributed by atoms with Crippen LogP contribution in [-0.2, 0) is 11.3 Å². The summed E-state index contributed by atoms with van der Waals surface area (Å²) >= 11 is 0. The molecule has 0 aromatic carbocycles. The molecule has 2 rings (SSSR count). The van der Waals surface area contributed by atoms with Crippen LogP contribution in [0.3, 0.4) is 0 Å². The highest BCUT2D eigenvalue weighted by Gasteiger charge is 2.29. The van der Waals surface area contributed by atoms with Crippen LogP contribution in [0.1, 0.15) is 32.8 Å². The number of nitrogens with zero attached hydrogens (tertiary/aromatic N) is 3. The summed E-state index contributed by atoms with van der Waals surface area (Å²) in [4.78, 5) is 22.7. The van der Waals surface area contributed by atoms with E-state index in [9.17, 15) is 4.79 Å². The standard InChI is InChI=1S/C15H25N5O/c1-4-13-14(21)17-5-6-20(13)15-18-9-12(10-19-15)8-16-7-11(2)3/h9-11,13,16H,4-8H2,1-3H3,(H,17,21). The summed E-state index contributed by atoms with van der Waals surface area (Å²) in [7, 11) is 0. The van der Waals surface area contributed by atoms with Gasteiger partial charge in [-0.2, -0.15) is 0 Å². The van der Waals surface area contributed by atoms with Crippen LogP contribution in [0, 0.1) is 5.92 Å². The van der Waals surface area contributed by atoms with Gasteiger partial charge in [-0.1, -0.05) is 20.8 Å². The van der Waals surface area contributed by atoms with Gasteiger partial charge in [-0.15, -0.1) is 0 Å². The maximum Gasteiger partial charge on any atom is 0.242 e. The number of carbonyl (C=O) groups excluding carboxylic acids is 1. The average Bonchev–Trinajstić information content (AvgIpc) is 2.47. The van der Waals surface area contributed by atoms with E-state index >= 15 is 0 Å². The Morgan fingerprint density at radius 2 is 2.14 bits per heavy atom. The van der Waals surface area contributed by atoms with Crippen molar-refractivity contribution in [3.8, 4) is 0 Å². The molecule has 6 nitrogen and oxygen atoms in total. The van der Waals surface area contributed by atoms with Crippen LogP contribution in [0.15, 0.2) is 12.4 Å². The lowest BCUT2D eigenvalue weighted by Crippen LogP contribution is -2.55. The molecule has 1 amide bonds. The Bertz CT molecular complexity index is 460. The van der Waals surface area contributed by atoms with Gasteiger partial charge in [-0.25, -0.2) is 9.97 Å². The molecule has 2 heterocycles. The van der Waals surface area contributed by atoms with Crippen molar-refractivity contribution in [1.82, 2.24) is 20.6 Å². The molecule has 1 saturated heterocycles. The van der Waals surface area contributed by atoms with Gasteiger partial charge in [0, 0.05) is 37.6 Å². The Labute approximate surface area is 126 Å². The number of aromatic nitrogens is 2. The van der Waals surface area contributed by atoms with Crippen molar-refractivity contribution in [3.05, 3.63) is 18.0 Å². The van der Waals surface area contributed by atoms with Crippen LogP contribution in [0.4, 0.5) is 5.95 Å². The first-order chi connectivity index (χ1) is 10.1. The molecule has 1 fully saturated rings. The number of anilines is 1. The Hall–Kier alpha value is -1.69. The lowest BCUT2D eigenvalue weighted by atomic mass is 10.1. The zero-order valence-corrected chi connectivity index (χ0v) is 13.1. The summed E-state index contributed by atoms with van der Waals surface area (Å²) in [5.41, 5.74) is 1.06. The molecule has 21 heavy (non-hydrogen) atoms. The molecule has 1 aromatic heterocycles. The fourth-order valence-corrected chi connectivity index (χ4v) is 2.45. The zero-order chi connectivity index (χ0) is 15.2. The van der Waals surface area contributed by atoms with Crippen LogP contribution >= 0.6 is 0 Å². The molecule has 1 aliphatic rings. The van der Waals surface area contributed by atoms with Gasteiger partial charge in [-0.3, -0.25) is 4.79 Å². The minimum Gasteiger partial charge on any atom is -0.353 e. The van der Waals surface area contributed by atoms with Gasteiger partial charge in [0.05, 0.1) is 0 Å². The average molecular weight is 291 g/mol. The summed E-state index contributed by atoms with van der Waals surface area (Å²) in [5, 5.41) is 6.26. The Morgan fingerprint density at radius 3 is 2.76 bits per heavy atom. The second-order valence-corrected chi connectivity index (χ2v) is 5.82. The molecule has 1 atom stereocenters. The number of piperazine rings is 1. The summed E-state index contributed by atoms with van der Waals surface area (Å²) in [6.07, 6.45) is 4.44. The molecule has 1 unspecified atom stereocenters. The first-order valence-corrected chi connectivity index (χ1v) is 7.67. The number of hydrogen-bond acceptors (Lipinski definition) is 5. The van der Waals surface area contributed by atoms with Crippen molar-refractivity contribution in [2.45, 2.75) is 39.8 Å².